The average molecular weight is 352 g/mol. The molecule has 3 rings (SSSR count). The van der Waals surface area contributed by atoms with E-state index in [0.717, 1.165) is 41.4 Å². The number of amides is 1. The highest BCUT2D eigenvalue weighted by Gasteiger charge is 2.28. The first-order valence-electron chi connectivity index (χ1n) is 9.15. The summed E-state index contributed by atoms with van der Waals surface area (Å²) in [4.78, 5) is 26.3. The van der Waals surface area contributed by atoms with Gasteiger partial charge in [-0.2, -0.15) is 0 Å². The van der Waals surface area contributed by atoms with E-state index < -0.39 is 0 Å². The van der Waals surface area contributed by atoms with E-state index >= 15 is 0 Å². The molecule has 0 aliphatic carbocycles. The highest BCUT2D eigenvalue weighted by atomic mass is 16.2. The number of hydrogen-bond acceptors (Lipinski definition) is 4. The largest absolute Gasteiger partial charge is 0.362 e. The van der Waals surface area contributed by atoms with E-state index in [1.54, 1.807) is 0 Å². The first kappa shape index (κ1) is 18.4. The van der Waals surface area contributed by atoms with Gasteiger partial charge in [0.15, 0.2) is 5.82 Å². The summed E-state index contributed by atoms with van der Waals surface area (Å²) in [5.41, 5.74) is 3.14. The maximum absolute atomic E-state index is 12.7. The van der Waals surface area contributed by atoms with Crippen molar-refractivity contribution >= 4 is 11.7 Å². The minimum atomic E-state index is -0.00456. The summed E-state index contributed by atoms with van der Waals surface area (Å²) in [6.07, 6.45) is 1.33. The fraction of sp³-hybridized carbons (Fsp3) is 0.476. The normalized spacial score (nSPS) is 14.1. The molecule has 0 N–H and O–H groups in total. The topological polar surface area (TPSA) is 49.3 Å². The van der Waals surface area contributed by atoms with E-state index in [2.05, 4.69) is 20.8 Å². The van der Waals surface area contributed by atoms with Crippen molar-refractivity contribution in [2.45, 2.75) is 40.2 Å². The number of hydrogen-bond donors (Lipinski definition) is 0. The quantitative estimate of drug-likeness (QED) is 0.848. The maximum Gasteiger partial charge on any atom is 0.223 e. The third-order valence-corrected chi connectivity index (χ3v) is 4.53. The summed E-state index contributed by atoms with van der Waals surface area (Å²) in [5, 5.41) is 0. The molecule has 1 aliphatic heterocycles. The van der Waals surface area contributed by atoms with Crippen LogP contribution in [-0.4, -0.2) is 41.4 Å². The van der Waals surface area contributed by atoms with Crippen LogP contribution in [0.3, 0.4) is 0 Å². The molecule has 0 bridgehead atoms. The summed E-state index contributed by atoms with van der Waals surface area (Å²) in [6.45, 7) is 7.61. The number of carbonyl (C=O) groups is 1. The summed E-state index contributed by atoms with van der Waals surface area (Å²) >= 11 is 0. The van der Waals surface area contributed by atoms with Gasteiger partial charge in [0.05, 0.1) is 12.2 Å². The number of benzene rings is 1. The minimum absolute atomic E-state index is 0.00456. The third kappa shape index (κ3) is 4.03. The molecule has 1 aromatic carbocycles. The predicted molar refractivity (Wildman–Crippen MR) is 105 cm³/mol. The van der Waals surface area contributed by atoms with Crippen molar-refractivity contribution in [3.05, 3.63) is 41.6 Å². The van der Waals surface area contributed by atoms with Gasteiger partial charge in [0.1, 0.15) is 5.82 Å². The minimum Gasteiger partial charge on any atom is -0.362 e. The SMILES string of the molecule is CN(C)c1nc(-c2ccccc2)nc2c1CN(C(=O)CC(C)(C)C)CC2. The molecule has 0 saturated heterocycles. The molecule has 2 aromatic rings. The number of carbonyl (C=O) groups excluding carboxylic acids is 1. The van der Waals surface area contributed by atoms with Gasteiger partial charge < -0.3 is 9.80 Å². The Labute approximate surface area is 156 Å². The second-order valence-electron chi connectivity index (χ2n) is 8.36. The Morgan fingerprint density at radius 2 is 1.85 bits per heavy atom. The van der Waals surface area contributed by atoms with Crippen molar-refractivity contribution < 1.29 is 4.79 Å². The molecule has 1 amide bonds. The van der Waals surface area contributed by atoms with Crippen LogP contribution in [0.25, 0.3) is 11.4 Å². The van der Waals surface area contributed by atoms with Gasteiger partial charge in [-0.3, -0.25) is 4.79 Å². The number of aromatic nitrogens is 2. The van der Waals surface area contributed by atoms with Gasteiger partial charge >= 0.3 is 0 Å². The van der Waals surface area contributed by atoms with Crippen LogP contribution in [0.5, 0.6) is 0 Å². The smallest absolute Gasteiger partial charge is 0.223 e. The third-order valence-electron chi connectivity index (χ3n) is 4.53. The lowest BCUT2D eigenvalue weighted by molar-refractivity contribution is -0.134. The van der Waals surface area contributed by atoms with Crippen LogP contribution < -0.4 is 4.90 Å². The Bertz CT molecular complexity index is 794. The maximum atomic E-state index is 12.7. The van der Waals surface area contributed by atoms with Gasteiger partial charge in [-0.15, -0.1) is 0 Å². The summed E-state index contributed by atoms with van der Waals surface area (Å²) in [5.74, 6) is 1.87. The van der Waals surface area contributed by atoms with Crippen molar-refractivity contribution in [1.29, 1.82) is 0 Å². The number of rotatable bonds is 3. The first-order valence-corrected chi connectivity index (χ1v) is 9.15. The molecule has 0 unspecified atom stereocenters. The zero-order chi connectivity index (χ0) is 18.9. The van der Waals surface area contributed by atoms with Crippen molar-refractivity contribution in [2.24, 2.45) is 5.41 Å². The van der Waals surface area contributed by atoms with E-state index in [1.807, 2.05) is 54.2 Å². The summed E-state index contributed by atoms with van der Waals surface area (Å²) in [6, 6.07) is 10.1. The molecule has 26 heavy (non-hydrogen) atoms. The molecule has 0 atom stereocenters. The van der Waals surface area contributed by atoms with Crippen LogP contribution in [0.15, 0.2) is 30.3 Å². The van der Waals surface area contributed by atoms with Crippen LogP contribution in [0.2, 0.25) is 0 Å². The summed E-state index contributed by atoms with van der Waals surface area (Å²) < 4.78 is 0. The molecular formula is C21H28N4O. The van der Waals surface area contributed by atoms with Crippen molar-refractivity contribution in [3.63, 3.8) is 0 Å². The molecule has 2 heterocycles. The fourth-order valence-electron chi connectivity index (χ4n) is 3.26. The molecule has 0 radical (unpaired) electrons. The van der Waals surface area contributed by atoms with Gasteiger partial charge in [0.25, 0.3) is 0 Å². The molecule has 1 aliphatic rings. The second kappa shape index (κ2) is 7.06. The van der Waals surface area contributed by atoms with E-state index in [4.69, 9.17) is 9.97 Å². The molecule has 138 valence electrons. The highest BCUT2D eigenvalue weighted by Crippen LogP contribution is 2.30. The Hall–Kier alpha value is -2.43. The Kier molecular flexibility index (Phi) is 4.99. The Morgan fingerprint density at radius 3 is 2.46 bits per heavy atom. The van der Waals surface area contributed by atoms with E-state index in [9.17, 15) is 4.79 Å². The van der Waals surface area contributed by atoms with Crippen LogP contribution in [0, 0.1) is 5.41 Å². The highest BCUT2D eigenvalue weighted by molar-refractivity contribution is 5.77. The van der Waals surface area contributed by atoms with E-state index in [0.29, 0.717) is 13.0 Å². The van der Waals surface area contributed by atoms with Crippen molar-refractivity contribution in [1.82, 2.24) is 14.9 Å². The summed E-state index contributed by atoms with van der Waals surface area (Å²) in [7, 11) is 3.99. The van der Waals surface area contributed by atoms with Gasteiger partial charge in [0.2, 0.25) is 5.91 Å². The zero-order valence-electron chi connectivity index (χ0n) is 16.4. The number of fused-ring (bicyclic) bond motifs is 1. The van der Waals surface area contributed by atoms with Crippen LogP contribution in [0.1, 0.15) is 38.4 Å². The molecule has 0 spiro atoms. The van der Waals surface area contributed by atoms with Gasteiger partial charge in [-0.25, -0.2) is 9.97 Å². The predicted octanol–water partition coefficient (Wildman–Crippen LogP) is 3.53. The van der Waals surface area contributed by atoms with Crippen LogP contribution in [0.4, 0.5) is 5.82 Å². The lowest BCUT2D eigenvalue weighted by Crippen LogP contribution is -2.39. The van der Waals surface area contributed by atoms with Crippen molar-refractivity contribution in [2.75, 3.05) is 25.5 Å². The van der Waals surface area contributed by atoms with Crippen molar-refractivity contribution in [3.8, 4) is 11.4 Å². The lowest BCUT2D eigenvalue weighted by atomic mass is 9.91. The number of anilines is 1. The average Bonchev–Trinajstić information content (AvgIpc) is 2.59. The van der Waals surface area contributed by atoms with Crippen LogP contribution in [-0.2, 0) is 17.8 Å². The second-order valence-corrected chi connectivity index (χ2v) is 8.36. The van der Waals surface area contributed by atoms with E-state index in [-0.39, 0.29) is 11.3 Å². The zero-order valence-corrected chi connectivity index (χ0v) is 16.4. The molecule has 1 aromatic heterocycles. The van der Waals surface area contributed by atoms with E-state index in [1.165, 1.54) is 0 Å². The van der Waals surface area contributed by atoms with Gasteiger partial charge in [0, 0.05) is 44.6 Å². The molecule has 0 fully saturated rings. The number of nitrogens with zero attached hydrogens (tertiary/aromatic N) is 4. The standard InChI is InChI=1S/C21H28N4O/c1-21(2,3)13-18(26)25-12-11-17-16(14-25)20(24(4)5)23-19(22-17)15-9-7-6-8-10-15/h6-10H,11-14H2,1-5H3. The molecular weight excluding hydrogens is 324 g/mol. The molecule has 5 heteroatoms. The molecule has 0 saturated carbocycles. The molecule has 5 nitrogen and oxygen atoms in total. The Morgan fingerprint density at radius 1 is 1.15 bits per heavy atom. The monoisotopic (exact) mass is 352 g/mol. The first-order chi connectivity index (χ1) is 12.2. The fourth-order valence-corrected chi connectivity index (χ4v) is 3.26. The lowest BCUT2D eigenvalue weighted by Gasteiger charge is -2.32. The van der Waals surface area contributed by atoms with Gasteiger partial charge in [-0.05, 0) is 5.41 Å². The Balaban J connectivity index is 1.94. The van der Waals surface area contributed by atoms with Crippen LogP contribution >= 0.6 is 0 Å². The van der Waals surface area contributed by atoms with Gasteiger partial charge in [-0.1, -0.05) is 51.1 Å².